The molecule has 0 radical (unpaired) electrons. The largest absolute Gasteiger partial charge is 0.325 e. The third-order valence-corrected chi connectivity index (χ3v) is 4.79. The Labute approximate surface area is 159 Å². The lowest BCUT2D eigenvalue weighted by molar-refractivity contribution is -0.119. The molecule has 0 unspecified atom stereocenters. The number of benzene rings is 2. The number of likely N-dealkylation sites (N-methyl/N-ethyl adjacent to an activating group) is 1. The minimum Gasteiger partial charge on any atom is -0.325 e. The number of nitrogens with zero attached hydrogens (tertiary/aromatic N) is 1. The number of carbonyl (C=O) groups is 2. The molecule has 0 heterocycles. The Kier molecular flexibility index (Phi) is 7.24. The van der Waals surface area contributed by atoms with Gasteiger partial charge < -0.3 is 10.6 Å². The molecule has 26 heavy (non-hydrogen) atoms. The Hall–Kier alpha value is -2.31. The van der Waals surface area contributed by atoms with Crippen LogP contribution in [0, 0.1) is 13.8 Å². The van der Waals surface area contributed by atoms with Gasteiger partial charge >= 0.3 is 0 Å². The number of rotatable bonds is 7. The zero-order chi connectivity index (χ0) is 19.1. The third-order valence-electron chi connectivity index (χ3n) is 4.00. The number of carbonyl (C=O) groups excluding carboxylic acids is 2. The van der Waals surface area contributed by atoms with Crippen LogP contribution in [0.25, 0.3) is 0 Å². The number of amides is 2. The second-order valence-electron chi connectivity index (χ2n) is 6.27. The summed E-state index contributed by atoms with van der Waals surface area (Å²) in [5.41, 5.74) is 3.87. The molecular weight excluding hydrogens is 346 g/mol. The minimum atomic E-state index is -0.145. The van der Waals surface area contributed by atoms with E-state index in [9.17, 15) is 9.59 Å². The van der Waals surface area contributed by atoms with Gasteiger partial charge in [0.25, 0.3) is 0 Å². The summed E-state index contributed by atoms with van der Waals surface area (Å²) in [6.07, 6.45) is 1.97. The third kappa shape index (κ3) is 5.89. The molecule has 2 rings (SSSR count). The zero-order valence-electron chi connectivity index (χ0n) is 15.6. The second kappa shape index (κ2) is 9.40. The van der Waals surface area contributed by atoms with Crippen molar-refractivity contribution in [3.05, 3.63) is 53.6 Å². The summed E-state index contributed by atoms with van der Waals surface area (Å²) in [5, 5.41) is 5.76. The zero-order valence-corrected chi connectivity index (χ0v) is 16.4. The van der Waals surface area contributed by atoms with E-state index in [1.165, 1.54) is 5.56 Å². The standard InChI is InChI=1S/C20H25N3O2S/c1-14-9-10-16(11-15(14)2)21-19(24)12-23(3)13-20(25)22-17-7-5-6-8-18(17)26-4/h5-11H,12-13H2,1-4H3,(H,21,24)(H,22,25). The Bertz CT molecular complexity index is 792. The lowest BCUT2D eigenvalue weighted by atomic mass is 10.1. The number of aryl methyl sites for hydroxylation is 2. The molecular formula is C20H25N3O2S. The van der Waals surface area contributed by atoms with Crippen LogP contribution in [0.2, 0.25) is 0 Å². The first kappa shape index (κ1) is 20.0. The van der Waals surface area contributed by atoms with Crippen molar-refractivity contribution in [2.75, 3.05) is 37.0 Å². The quantitative estimate of drug-likeness (QED) is 0.731. The van der Waals surface area contributed by atoms with E-state index in [2.05, 4.69) is 10.6 Å². The van der Waals surface area contributed by atoms with E-state index in [1.807, 2.05) is 62.6 Å². The molecule has 0 aromatic heterocycles. The summed E-state index contributed by atoms with van der Waals surface area (Å²) in [6, 6.07) is 13.5. The maximum Gasteiger partial charge on any atom is 0.238 e. The highest BCUT2D eigenvalue weighted by atomic mass is 32.2. The summed E-state index contributed by atoms with van der Waals surface area (Å²) in [5.74, 6) is -0.291. The van der Waals surface area contributed by atoms with Gasteiger partial charge in [0.1, 0.15) is 0 Å². The van der Waals surface area contributed by atoms with Crippen LogP contribution in [0.4, 0.5) is 11.4 Å². The molecule has 0 atom stereocenters. The molecule has 0 saturated carbocycles. The highest BCUT2D eigenvalue weighted by Gasteiger charge is 2.12. The molecule has 0 spiro atoms. The minimum absolute atomic E-state index is 0.142. The van der Waals surface area contributed by atoms with Crippen LogP contribution in [0.5, 0.6) is 0 Å². The van der Waals surface area contributed by atoms with Gasteiger partial charge in [-0.3, -0.25) is 14.5 Å². The number of thioether (sulfide) groups is 1. The molecule has 0 fully saturated rings. The summed E-state index contributed by atoms with van der Waals surface area (Å²) in [6.45, 7) is 4.32. The number of hydrogen-bond acceptors (Lipinski definition) is 4. The maximum absolute atomic E-state index is 12.2. The predicted molar refractivity (Wildman–Crippen MR) is 109 cm³/mol. The first-order valence-electron chi connectivity index (χ1n) is 8.37. The average molecular weight is 372 g/mol. The number of nitrogens with one attached hydrogen (secondary N) is 2. The SMILES string of the molecule is CSc1ccccc1NC(=O)CN(C)CC(=O)Nc1ccc(C)c(C)c1. The molecule has 2 N–H and O–H groups in total. The van der Waals surface area contributed by atoms with Gasteiger partial charge in [0.15, 0.2) is 0 Å². The molecule has 0 saturated heterocycles. The maximum atomic E-state index is 12.2. The number of hydrogen-bond donors (Lipinski definition) is 2. The van der Waals surface area contributed by atoms with Crippen LogP contribution in [-0.2, 0) is 9.59 Å². The summed E-state index contributed by atoms with van der Waals surface area (Å²) in [4.78, 5) is 27.1. The molecule has 2 aromatic carbocycles. The molecule has 2 aromatic rings. The van der Waals surface area contributed by atoms with E-state index in [-0.39, 0.29) is 24.9 Å². The van der Waals surface area contributed by atoms with E-state index in [1.54, 1.807) is 23.7 Å². The van der Waals surface area contributed by atoms with Gasteiger partial charge in [-0.15, -0.1) is 11.8 Å². The van der Waals surface area contributed by atoms with Gasteiger partial charge in [-0.2, -0.15) is 0 Å². The molecule has 0 aliphatic heterocycles. The topological polar surface area (TPSA) is 61.4 Å². The Morgan fingerprint density at radius 2 is 1.62 bits per heavy atom. The summed E-state index contributed by atoms with van der Waals surface area (Å²) < 4.78 is 0. The first-order chi connectivity index (χ1) is 12.4. The molecule has 6 heteroatoms. The average Bonchev–Trinajstić information content (AvgIpc) is 2.58. The normalized spacial score (nSPS) is 10.7. The van der Waals surface area contributed by atoms with E-state index in [0.29, 0.717) is 0 Å². The monoisotopic (exact) mass is 371 g/mol. The van der Waals surface area contributed by atoms with Crippen molar-refractivity contribution in [2.45, 2.75) is 18.7 Å². The predicted octanol–water partition coefficient (Wildman–Crippen LogP) is 3.53. The molecule has 5 nitrogen and oxygen atoms in total. The van der Waals surface area contributed by atoms with E-state index in [4.69, 9.17) is 0 Å². The Balaban J connectivity index is 1.85. The van der Waals surface area contributed by atoms with Crippen molar-refractivity contribution in [1.82, 2.24) is 4.90 Å². The lowest BCUT2D eigenvalue weighted by Gasteiger charge is -2.17. The van der Waals surface area contributed by atoms with Crippen molar-refractivity contribution in [3.8, 4) is 0 Å². The summed E-state index contributed by atoms with van der Waals surface area (Å²) >= 11 is 1.58. The number of anilines is 2. The van der Waals surface area contributed by atoms with Gasteiger partial charge in [0, 0.05) is 10.6 Å². The van der Waals surface area contributed by atoms with Crippen molar-refractivity contribution in [1.29, 1.82) is 0 Å². The second-order valence-corrected chi connectivity index (χ2v) is 7.12. The first-order valence-corrected chi connectivity index (χ1v) is 9.60. The van der Waals surface area contributed by atoms with Gasteiger partial charge in [-0.1, -0.05) is 18.2 Å². The Morgan fingerprint density at radius 1 is 0.962 bits per heavy atom. The van der Waals surface area contributed by atoms with Gasteiger partial charge in [0.05, 0.1) is 18.8 Å². The van der Waals surface area contributed by atoms with E-state index < -0.39 is 0 Å². The molecule has 0 aliphatic rings. The fourth-order valence-corrected chi connectivity index (χ4v) is 3.06. The van der Waals surface area contributed by atoms with E-state index in [0.717, 1.165) is 21.8 Å². The fourth-order valence-electron chi connectivity index (χ4n) is 2.50. The van der Waals surface area contributed by atoms with Crippen LogP contribution >= 0.6 is 11.8 Å². The van der Waals surface area contributed by atoms with Gasteiger partial charge in [-0.25, -0.2) is 0 Å². The lowest BCUT2D eigenvalue weighted by Crippen LogP contribution is -2.36. The van der Waals surface area contributed by atoms with Crippen LogP contribution in [-0.4, -0.2) is 43.1 Å². The van der Waals surface area contributed by atoms with Gasteiger partial charge in [0.2, 0.25) is 11.8 Å². The molecule has 138 valence electrons. The van der Waals surface area contributed by atoms with Gasteiger partial charge in [-0.05, 0) is 62.5 Å². The van der Waals surface area contributed by atoms with Crippen molar-refractivity contribution >= 4 is 35.0 Å². The van der Waals surface area contributed by atoms with Crippen molar-refractivity contribution in [3.63, 3.8) is 0 Å². The van der Waals surface area contributed by atoms with Crippen molar-refractivity contribution in [2.24, 2.45) is 0 Å². The van der Waals surface area contributed by atoms with E-state index >= 15 is 0 Å². The number of para-hydroxylation sites is 1. The Morgan fingerprint density at radius 3 is 2.27 bits per heavy atom. The van der Waals surface area contributed by atoms with Crippen LogP contribution in [0.1, 0.15) is 11.1 Å². The van der Waals surface area contributed by atoms with Crippen LogP contribution < -0.4 is 10.6 Å². The highest BCUT2D eigenvalue weighted by molar-refractivity contribution is 7.98. The smallest absolute Gasteiger partial charge is 0.238 e. The highest BCUT2D eigenvalue weighted by Crippen LogP contribution is 2.24. The van der Waals surface area contributed by atoms with Crippen molar-refractivity contribution < 1.29 is 9.59 Å². The molecule has 0 aliphatic carbocycles. The fraction of sp³-hybridized carbons (Fsp3) is 0.300. The van der Waals surface area contributed by atoms with Crippen LogP contribution in [0.15, 0.2) is 47.4 Å². The molecule has 0 bridgehead atoms. The van der Waals surface area contributed by atoms with Crippen LogP contribution in [0.3, 0.4) is 0 Å². The summed E-state index contributed by atoms with van der Waals surface area (Å²) in [7, 11) is 1.75. The molecule has 2 amide bonds.